The highest BCUT2D eigenvalue weighted by Gasteiger charge is 2.23. The lowest BCUT2D eigenvalue weighted by Gasteiger charge is -2.31. The van der Waals surface area contributed by atoms with E-state index in [1.54, 1.807) is 19.2 Å². The van der Waals surface area contributed by atoms with E-state index in [1.807, 2.05) is 18.2 Å². The third-order valence-electron chi connectivity index (χ3n) is 5.70. The van der Waals surface area contributed by atoms with Crippen LogP contribution < -0.4 is 4.74 Å². The van der Waals surface area contributed by atoms with Gasteiger partial charge in [0.25, 0.3) is 0 Å². The van der Waals surface area contributed by atoms with Crippen LogP contribution in [-0.2, 0) is 19.5 Å². The molecule has 0 saturated heterocycles. The Labute approximate surface area is 208 Å². The van der Waals surface area contributed by atoms with Crippen LogP contribution >= 0.6 is 11.6 Å². The number of aromatic nitrogens is 2. The smallest absolute Gasteiger partial charge is 0.156 e. The Kier molecular flexibility index (Phi) is 9.03. The van der Waals surface area contributed by atoms with Crippen molar-refractivity contribution in [2.75, 3.05) is 13.7 Å². The van der Waals surface area contributed by atoms with E-state index in [0.717, 1.165) is 48.2 Å². The van der Waals surface area contributed by atoms with Crippen LogP contribution in [0.4, 0.5) is 4.39 Å². The van der Waals surface area contributed by atoms with Gasteiger partial charge in [-0.05, 0) is 29.9 Å². The molecule has 6 heteroatoms. The van der Waals surface area contributed by atoms with Crippen molar-refractivity contribution >= 4 is 11.6 Å². The fourth-order valence-corrected chi connectivity index (χ4v) is 4.39. The average Bonchev–Trinajstić information content (AvgIpc) is 2.80. The zero-order valence-electron chi connectivity index (χ0n) is 20.9. The molecule has 1 aromatic heterocycles. The lowest BCUT2D eigenvalue weighted by Crippen LogP contribution is -2.33. The molecule has 2 aromatic carbocycles. The minimum atomic E-state index is -0.270. The summed E-state index contributed by atoms with van der Waals surface area (Å²) >= 11 is 6.67. The Bertz CT molecular complexity index is 1080. The Morgan fingerprint density at radius 3 is 2.35 bits per heavy atom. The second kappa shape index (κ2) is 11.8. The SMILES string of the molecule is CCCCc1c(-c2ccccc2)nnc(Cl)c1CN(Cc1ccc(OC)cc1F)CC(C)(C)C. The van der Waals surface area contributed by atoms with Gasteiger partial charge in [-0.15, -0.1) is 10.2 Å². The first-order chi connectivity index (χ1) is 16.2. The molecule has 3 rings (SSSR count). The summed E-state index contributed by atoms with van der Waals surface area (Å²) in [5.41, 5.74) is 4.65. The molecule has 0 aliphatic heterocycles. The summed E-state index contributed by atoms with van der Waals surface area (Å²) in [5.74, 6) is 0.243. The molecule has 0 N–H and O–H groups in total. The normalized spacial score (nSPS) is 11.8. The molecule has 34 heavy (non-hydrogen) atoms. The fraction of sp³-hybridized carbons (Fsp3) is 0.429. The topological polar surface area (TPSA) is 38.2 Å². The van der Waals surface area contributed by atoms with Gasteiger partial charge in [0, 0.05) is 42.4 Å². The zero-order valence-corrected chi connectivity index (χ0v) is 21.6. The molecular weight excluding hydrogens is 449 g/mol. The Balaban J connectivity index is 2.02. The molecule has 0 aliphatic carbocycles. The third-order valence-corrected chi connectivity index (χ3v) is 6.00. The van der Waals surface area contributed by atoms with Gasteiger partial charge in [0.2, 0.25) is 0 Å². The van der Waals surface area contributed by atoms with Gasteiger partial charge in [0.1, 0.15) is 11.6 Å². The number of rotatable bonds is 10. The van der Waals surface area contributed by atoms with Crippen molar-refractivity contribution in [2.45, 2.75) is 60.0 Å². The number of benzene rings is 2. The predicted octanol–water partition coefficient (Wildman–Crippen LogP) is 7.34. The molecule has 0 fully saturated rings. The Morgan fingerprint density at radius 1 is 1.00 bits per heavy atom. The van der Waals surface area contributed by atoms with E-state index in [0.29, 0.717) is 29.6 Å². The van der Waals surface area contributed by atoms with Crippen LogP contribution in [0.25, 0.3) is 11.3 Å². The number of methoxy groups -OCH3 is 1. The largest absolute Gasteiger partial charge is 0.497 e. The maximum Gasteiger partial charge on any atom is 0.156 e. The molecule has 0 amide bonds. The number of unbranched alkanes of at least 4 members (excludes halogenated alkanes) is 1. The molecule has 0 bridgehead atoms. The number of ether oxygens (including phenoxy) is 1. The molecule has 1 heterocycles. The van der Waals surface area contributed by atoms with Crippen molar-refractivity contribution in [1.29, 1.82) is 0 Å². The van der Waals surface area contributed by atoms with Crippen molar-refractivity contribution in [3.8, 4) is 17.0 Å². The van der Waals surface area contributed by atoms with Crippen LogP contribution in [0, 0.1) is 11.2 Å². The van der Waals surface area contributed by atoms with Crippen LogP contribution in [0.1, 0.15) is 57.2 Å². The standard InChI is InChI=1S/C28H35ClFN3O/c1-6-7-13-23-24(27(29)32-31-26(23)20-11-9-8-10-12-20)18-33(19-28(2,3)4)17-21-14-15-22(34-5)16-25(21)30/h8-12,14-16H,6-7,13,17-19H2,1-5H3. The maximum absolute atomic E-state index is 14.8. The molecule has 0 atom stereocenters. The van der Waals surface area contributed by atoms with Gasteiger partial charge in [-0.3, -0.25) is 4.90 Å². The highest BCUT2D eigenvalue weighted by molar-refractivity contribution is 6.30. The van der Waals surface area contributed by atoms with E-state index in [2.05, 4.69) is 54.9 Å². The number of hydrogen-bond donors (Lipinski definition) is 0. The minimum absolute atomic E-state index is 0.0156. The van der Waals surface area contributed by atoms with E-state index < -0.39 is 0 Å². The quantitative estimate of drug-likeness (QED) is 0.302. The van der Waals surface area contributed by atoms with Crippen molar-refractivity contribution in [3.63, 3.8) is 0 Å². The van der Waals surface area contributed by atoms with E-state index in [1.165, 1.54) is 6.07 Å². The fourth-order valence-electron chi connectivity index (χ4n) is 4.18. The summed E-state index contributed by atoms with van der Waals surface area (Å²) in [6, 6.07) is 15.1. The summed E-state index contributed by atoms with van der Waals surface area (Å²) in [6.07, 6.45) is 2.96. The average molecular weight is 484 g/mol. The monoisotopic (exact) mass is 483 g/mol. The second-order valence-corrected chi connectivity index (χ2v) is 10.3. The van der Waals surface area contributed by atoms with Crippen LogP contribution in [0.5, 0.6) is 5.75 Å². The van der Waals surface area contributed by atoms with Crippen molar-refractivity contribution in [3.05, 3.63) is 76.2 Å². The lowest BCUT2D eigenvalue weighted by molar-refractivity contribution is 0.174. The predicted molar refractivity (Wildman–Crippen MR) is 138 cm³/mol. The second-order valence-electron chi connectivity index (χ2n) is 9.93. The van der Waals surface area contributed by atoms with Gasteiger partial charge in [0.05, 0.1) is 12.8 Å². The molecule has 0 radical (unpaired) electrons. The molecular formula is C28H35ClFN3O. The number of halogens is 2. The van der Waals surface area contributed by atoms with Crippen molar-refractivity contribution in [1.82, 2.24) is 15.1 Å². The van der Waals surface area contributed by atoms with Crippen molar-refractivity contribution < 1.29 is 9.13 Å². The molecule has 0 spiro atoms. The summed E-state index contributed by atoms with van der Waals surface area (Å²) in [5, 5.41) is 9.22. The molecule has 0 aliphatic rings. The van der Waals surface area contributed by atoms with Gasteiger partial charge in [-0.2, -0.15) is 0 Å². The maximum atomic E-state index is 14.8. The summed E-state index contributed by atoms with van der Waals surface area (Å²) < 4.78 is 20.0. The summed E-state index contributed by atoms with van der Waals surface area (Å²) in [6.45, 7) is 10.5. The molecule has 4 nitrogen and oxygen atoms in total. The van der Waals surface area contributed by atoms with E-state index in [4.69, 9.17) is 16.3 Å². The minimum Gasteiger partial charge on any atom is -0.497 e. The van der Waals surface area contributed by atoms with Gasteiger partial charge >= 0.3 is 0 Å². The first-order valence-corrected chi connectivity index (χ1v) is 12.2. The van der Waals surface area contributed by atoms with Gasteiger partial charge in [-0.1, -0.05) is 82.1 Å². The number of nitrogens with zero attached hydrogens (tertiary/aromatic N) is 3. The summed E-state index contributed by atoms with van der Waals surface area (Å²) in [4.78, 5) is 2.25. The van der Waals surface area contributed by atoms with E-state index in [9.17, 15) is 4.39 Å². The third kappa shape index (κ3) is 7.00. The van der Waals surface area contributed by atoms with Crippen molar-refractivity contribution in [2.24, 2.45) is 5.41 Å². The van der Waals surface area contributed by atoms with Crippen LogP contribution in [0.2, 0.25) is 5.15 Å². The molecule has 3 aromatic rings. The first kappa shape index (κ1) is 26.1. The van der Waals surface area contributed by atoms with E-state index >= 15 is 0 Å². The van der Waals surface area contributed by atoms with Gasteiger partial charge < -0.3 is 4.74 Å². The zero-order chi connectivity index (χ0) is 24.7. The van der Waals surface area contributed by atoms with Gasteiger partial charge in [0.15, 0.2) is 5.15 Å². The van der Waals surface area contributed by atoms with E-state index in [-0.39, 0.29) is 11.2 Å². The lowest BCUT2D eigenvalue weighted by atomic mass is 9.94. The highest BCUT2D eigenvalue weighted by Crippen LogP contribution is 2.31. The van der Waals surface area contributed by atoms with Crippen LogP contribution in [0.15, 0.2) is 48.5 Å². The molecule has 0 saturated carbocycles. The van der Waals surface area contributed by atoms with Crippen LogP contribution in [0.3, 0.4) is 0 Å². The van der Waals surface area contributed by atoms with Crippen LogP contribution in [-0.4, -0.2) is 28.8 Å². The first-order valence-electron chi connectivity index (χ1n) is 11.9. The number of hydrogen-bond acceptors (Lipinski definition) is 4. The summed E-state index contributed by atoms with van der Waals surface area (Å²) in [7, 11) is 1.54. The molecule has 0 unspecified atom stereocenters. The van der Waals surface area contributed by atoms with Gasteiger partial charge in [-0.25, -0.2) is 4.39 Å². The Hall–Kier alpha value is -2.50. The molecule has 182 valence electrons. The highest BCUT2D eigenvalue weighted by atomic mass is 35.5. The Morgan fingerprint density at radius 2 is 1.74 bits per heavy atom.